The predicted octanol–water partition coefficient (Wildman–Crippen LogP) is 4.53. The summed E-state index contributed by atoms with van der Waals surface area (Å²) in [4.78, 5) is 0. The maximum absolute atomic E-state index is 5.77. The summed E-state index contributed by atoms with van der Waals surface area (Å²) < 4.78 is 5.74. The summed E-state index contributed by atoms with van der Waals surface area (Å²) in [7, 11) is 0. The molecular weight excluding hydrogens is 220 g/mol. The molecule has 0 bridgehead atoms. The number of hydrogen-bond donors (Lipinski definition) is 0. The number of halogens is 1. The molecule has 0 aliphatic rings. The van der Waals surface area contributed by atoms with E-state index in [1.165, 1.54) is 5.56 Å². The van der Waals surface area contributed by atoms with E-state index in [0.29, 0.717) is 5.88 Å². The Labute approximate surface area is 101 Å². The van der Waals surface area contributed by atoms with E-state index in [9.17, 15) is 0 Å². The fraction of sp³-hybridized carbons (Fsp3) is 0.143. The van der Waals surface area contributed by atoms with Crippen molar-refractivity contribution in [3.8, 4) is 11.5 Å². The van der Waals surface area contributed by atoms with Gasteiger partial charge in [0.1, 0.15) is 11.5 Å². The van der Waals surface area contributed by atoms with Crippen LogP contribution in [0.2, 0.25) is 0 Å². The van der Waals surface area contributed by atoms with Crippen LogP contribution in [0.15, 0.2) is 48.5 Å². The number of ether oxygens (including phenoxy) is 1. The smallest absolute Gasteiger partial charge is 0.127 e. The summed E-state index contributed by atoms with van der Waals surface area (Å²) in [5.74, 6) is 2.18. The molecule has 0 unspecified atom stereocenters. The summed E-state index contributed by atoms with van der Waals surface area (Å²) in [6.45, 7) is 2.04. The lowest BCUT2D eigenvalue weighted by Crippen LogP contribution is -1.86. The third-order valence-corrected chi connectivity index (χ3v) is 2.59. The Balaban J connectivity index is 2.20. The third-order valence-electron chi connectivity index (χ3n) is 2.28. The van der Waals surface area contributed by atoms with Crippen molar-refractivity contribution in [1.82, 2.24) is 0 Å². The Morgan fingerprint density at radius 1 is 1.00 bits per heavy atom. The van der Waals surface area contributed by atoms with Crippen LogP contribution in [0.3, 0.4) is 0 Å². The van der Waals surface area contributed by atoms with E-state index in [0.717, 1.165) is 17.1 Å². The monoisotopic (exact) mass is 232 g/mol. The largest absolute Gasteiger partial charge is 0.457 e. The summed E-state index contributed by atoms with van der Waals surface area (Å²) in [6.07, 6.45) is 0. The van der Waals surface area contributed by atoms with Crippen LogP contribution in [-0.4, -0.2) is 0 Å². The molecular formula is C14H13ClO. The first kappa shape index (κ1) is 11.0. The van der Waals surface area contributed by atoms with Crippen LogP contribution in [0, 0.1) is 6.92 Å². The van der Waals surface area contributed by atoms with Gasteiger partial charge in [-0.3, -0.25) is 0 Å². The normalized spacial score (nSPS) is 10.1. The highest BCUT2D eigenvalue weighted by atomic mass is 35.5. The molecule has 0 saturated carbocycles. The standard InChI is InChI=1S/C14H13ClO/c1-11-4-2-6-13(8-11)16-14-7-3-5-12(9-14)10-15/h2-9H,10H2,1H3. The molecule has 2 heteroatoms. The Bertz CT molecular complexity index is 480. The molecule has 0 aromatic heterocycles. The van der Waals surface area contributed by atoms with E-state index in [1.807, 2.05) is 55.5 Å². The second-order valence-electron chi connectivity index (χ2n) is 3.70. The van der Waals surface area contributed by atoms with Crippen LogP contribution >= 0.6 is 11.6 Å². The molecule has 0 N–H and O–H groups in total. The van der Waals surface area contributed by atoms with Gasteiger partial charge >= 0.3 is 0 Å². The molecule has 2 aromatic rings. The molecule has 0 radical (unpaired) electrons. The van der Waals surface area contributed by atoms with E-state index in [1.54, 1.807) is 0 Å². The number of alkyl halides is 1. The van der Waals surface area contributed by atoms with Crippen LogP contribution in [0.25, 0.3) is 0 Å². The zero-order chi connectivity index (χ0) is 11.4. The average molecular weight is 233 g/mol. The van der Waals surface area contributed by atoms with E-state index in [-0.39, 0.29) is 0 Å². The van der Waals surface area contributed by atoms with Gasteiger partial charge < -0.3 is 4.74 Å². The topological polar surface area (TPSA) is 9.23 Å². The molecule has 0 saturated heterocycles. The van der Waals surface area contributed by atoms with Gasteiger partial charge in [0.2, 0.25) is 0 Å². The number of rotatable bonds is 3. The molecule has 0 aliphatic heterocycles. The van der Waals surface area contributed by atoms with Gasteiger partial charge in [0.15, 0.2) is 0 Å². The lowest BCUT2D eigenvalue weighted by molar-refractivity contribution is 0.482. The molecule has 82 valence electrons. The van der Waals surface area contributed by atoms with Crippen molar-refractivity contribution in [3.05, 3.63) is 59.7 Å². The van der Waals surface area contributed by atoms with Gasteiger partial charge in [-0.05, 0) is 42.3 Å². The minimum absolute atomic E-state index is 0.505. The molecule has 16 heavy (non-hydrogen) atoms. The number of aryl methyl sites for hydroxylation is 1. The Kier molecular flexibility index (Phi) is 3.47. The molecule has 2 aromatic carbocycles. The summed E-state index contributed by atoms with van der Waals surface area (Å²) in [5.41, 5.74) is 2.25. The number of hydrogen-bond acceptors (Lipinski definition) is 1. The van der Waals surface area contributed by atoms with Gasteiger partial charge in [-0.15, -0.1) is 11.6 Å². The molecule has 0 heterocycles. The summed E-state index contributed by atoms with van der Waals surface area (Å²) >= 11 is 5.77. The van der Waals surface area contributed by atoms with E-state index < -0.39 is 0 Å². The Hall–Kier alpha value is -1.47. The first-order chi connectivity index (χ1) is 7.78. The van der Waals surface area contributed by atoms with Crippen molar-refractivity contribution in [3.63, 3.8) is 0 Å². The fourth-order valence-electron chi connectivity index (χ4n) is 1.51. The van der Waals surface area contributed by atoms with Crippen molar-refractivity contribution >= 4 is 11.6 Å². The minimum atomic E-state index is 0.505. The maximum atomic E-state index is 5.77. The van der Waals surface area contributed by atoms with Crippen molar-refractivity contribution in [2.24, 2.45) is 0 Å². The molecule has 0 fully saturated rings. The highest BCUT2D eigenvalue weighted by Crippen LogP contribution is 2.23. The van der Waals surface area contributed by atoms with Crippen LogP contribution < -0.4 is 4.74 Å². The van der Waals surface area contributed by atoms with Gasteiger partial charge in [0.05, 0.1) is 0 Å². The fourth-order valence-corrected chi connectivity index (χ4v) is 1.67. The van der Waals surface area contributed by atoms with Crippen molar-refractivity contribution in [2.45, 2.75) is 12.8 Å². The van der Waals surface area contributed by atoms with Gasteiger partial charge in [0.25, 0.3) is 0 Å². The lowest BCUT2D eigenvalue weighted by atomic mass is 10.2. The zero-order valence-corrected chi connectivity index (χ0v) is 9.87. The summed E-state index contributed by atoms with van der Waals surface area (Å²) in [6, 6.07) is 15.8. The van der Waals surface area contributed by atoms with Crippen LogP contribution in [0.4, 0.5) is 0 Å². The van der Waals surface area contributed by atoms with E-state index in [2.05, 4.69) is 0 Å². The first-order valence-electron chi connectivity index (χ1n) is 5.17. The first-order valence-corrected chi connectivity index (χ1v) is 5.71. The molecule has 0 aliphatic carbocycles. The van der Waals surface area contributed by atoms with Crippen LogP contribution in [-0.2, 0) is 5.88 Å². The van der Waals surface area contributed by atoms with Crippen LogP contribution in [0.1, 0.15) is 11.1 Å². The third kappa shape index (κ3) is 2.77. The minimum Gasteiger partial charge on any atom is -0.457 e. The predicted molar refractivity (Wildman–Crippen MR) is 67.3 cm³/mol. The number of benzene rings is 2. The average Bonchev–Trinajstić information content (AvgIpc) is 2.29. The van der Waals surface area contributed by atoms with Gasteiger partial charge in [-0.1, -0.05) is 24.3 Å². The van der Waals surface area contributed by atoms with Crippen LogP contribution in [0.5, 0.6) is 11.5 Å². The van der Waals surface area contributed by atoms with E-state index >= 15 is 0 Å². The maximum Gasteiger partial charge on any atom is 0.127 e. The Morgan fingerprint density at radius 3 is 2.38 bits per heavy atom. The van der Waals surface area contributed by atoms with Crippen molar-refractivity contribution in [2.75, 3.05) is 0 Å². The quantitative estimate of drug-likeness (QED) is 0.707. The SMILES string of the molecule is Cc1cccc(Oc2cccc(CCl)c2)c1. The van der Waals surface area contributed by atoms with Gasteiger partial charge in [0, 0.05) is 5.88 Å². The molecule has 0 atom stereocenters. The second-order valence-corrected chi connectivity index (χ2v) is 3.97. The molecule has 2 rings (SSSR count). The van der Waals surface area contributed by atoms with Crippen molar-refractivity contribution < 1.29 is 4.74 Å². The van der Waals surface area contributed by atoms with E-state index in [4.69, 9.17) is 16.3 Å². The van der Waals surface area contributed by atoms with Gasteiger partial charge in [-0.2, -0.15) is 0 Å². The van der Waals surface area contributed by atoms with Gasteiger partial charge in [-0.25, -0.2) is 0 Å². The second kappa shape index (κ2) is 5.04. The molecule has 0 spiro atoms. The Morgan fingerprint density at radius 2 is 1.69 bits per heavy atom. The zero-order valence-electron chi connectivity index (χ0n) is 9.11. The lowest BCUT2D eigenvalue weighted by Gasteiger charge is -2.07. The van der Waals surface area contributed by atoms with Crippen molar-refractivity contribution in [1.29, 1.82) is 0 Å². The highest BCUT2D eigenvalue weighted by Gasteiger charge is 1.98. The highest BCUT2D eigenvalue weighted by molar-refractivity contribution is 6.17. The molecule has 0 amide bonds. The summed E-state index contributed by atoms with van der Waals surface area (Å²) in [5, 5.41) is 0. The molecule has 1 nitrogen and oxygen atoms in total.